The number of hydrogen-bond acceptors (Lipinski definition) is 1. The summed E-state index contributed by atoms with van der Waals surface area (Å²) in [5, 5.41) is 0. The molecule has 1 heteroatoms. The highest BCUT2D eigenvalue weighted by molar-refractivity contribution is 5.98. The highest BCUT2D eigenvalue weighted by Gasteiger charge is 2.27. The van der Waals surface area contributed by atoms with Gasteiger partial charge in [0.25, 0.3) is 0 Å². The van der Waals surface area contributed by atoms with Crippen molar-refractivity contribution >= 4 is 5.78 Å². The van der Waals surface area contributed by atoms with E-state index >= 15 is 0 Å². The van der Waals surface area contributed by atoms with Crippen LogP contribution in [0.25, 0.3) is 0 Å². The Kier molecular flexibility index (Phi) is 3.92. The molecule has 0 heterocycles. The second kappa shape index (κ2) is 5.85. The van der Waals surface area contributed by atoms with Gasteiger partial charge in [0, 0.05) is 11.5 Å². The molecule has 0 atom stereocenters. The average molecular weight is 278 g/mol. The van der Waals surface area contributed by atoms with Crippen LogP contribution in [0.2, 0.25) is 0 Å². The Morgan fingerprint density at radius 2 is 1.57 bits per heavy atom. The normalized spacial score (nSPS) is 14.2. The fourth-order valence-electron chi connectivity index (χ4n) is 3.43. The minimum absolute atomic E-state index is 0.125. The van der Waals surface area contributed by atoms with E-state index in [2.05, 4.69) is 50.2 Å². The number of ketones is 1. The van der Waals surface area contributed by atoms with Gasteiger partial charge in [-0.05, 0) is 54.0 Å². The van der Waals surface area contributed by atoms with Gasteiger partial charge >= 0.3 is 0 Å². The lowest BCUT2D eigenvalue weighted by molar-refractivity contribution is 0.0924. The van der Waals surface area contributed by atoms with Crippen molar-refractivity contribution in [1.29, 1.82) is 0 Å². The monoisotopic (exact) mass is 278 g/mol. The van der Waals surface area contributed by atoms with Crippen LogP contribution < -0.4 is 0 Å². The molecule has 0 radical (unpaired) electrons. The van der Waals surface area contributed by atoms with Crippen LogP contribution in [0.4, 0.5) is 0 Å². The first-order chi connectivity index (χ1) is 10.2. The first kappa shape index (κ1) is 14.1. The molecule has 0 unspecified atom stereocenters. The number of Topliss-reactive ketones (excluding diaryl/α,β-unsaturated/α-hetero) is 1. The minimum atomic E-state index is 0.125. The van der Waals surface area contributed by atoms with E-state index in [4.69, 9.17) is 0 Å². The van der Waals surface area contributed by atoms with Crippen molar-refractivity contribution in [2.75, 3.05) is 0 Å². The summed E-state index contributed by atoms with van der Waals surface area (Å²) in [6, 6.07) is 14.7. The summed E-state index contributed by atoms with van der Waals surface area (Å²) in [5.74, 6) is 0.433. The Bertz CT molecular complexity index is 644. The van der Waals surface area contributed by atoms with Gasteiger partial charge in [0.15, 0.2) is 5.78 Å². The van der Waals surface area contributed by atoms with Gasteiger partial charge in [-0.15, -0.1) is 0 Å². The zero-order valence-corrected chi connectivity index (χ0v) is 12.9. The van der Waals surface area contributed by atoms with Gasteiger partial charge in [0.05, 0.1) is 0 Å². The molecule has 1 nitrogen and oxygen atoms in total. The zero-order chi connectivity index (χ0) is 14.8. The number of rotatable bonds is 4. The van der Waals surface area contributed by atoms with E-state index in [1.54, 1.807) is 0 Å². The second-order valence-electron chi connectivity index (χ2n) is 5.93. The summed E-state index contributed by atoms with van der Waals surface area (Å²) in [6.45, 7) is 4.33. The van der Waals surface area contributed by atoms with E-state index in [1.807, 2.05) is 6.07 Å². The van der Waals surface area contributed by atoms with Gasteiger partial charge in [0.2, 0.25) is 0 Å². The van der Waals surface area contributed by atoms with Crippen LogP contribution in [0.5, 0.6) is 0 Å². The molecule has 0 aliphatic heterocycles. The van der Waals surface area contributed by atoms with Crippen molar-refractivity contribution in [3.8, 4) is 0 Å². The lowest BCUT2D eigenvalue weighted by atomic mass is 9.91. The maximum Gasteiger partial charge on any atom is 0.166 e. The van der Waals surface area contributed by atoms with Gasteiger partial charge in [-0.1, -0.05) is 50.2 Å². The Labute approximate surface area is 127 Å². The van der Waals surface area contributed by atoms with E-state index < -0.39 is 0 Å². The Morgan fingerprint density at radius 3 is 2.14 bits per heavy atom. The van der Waals surface area contributed by atoms with E-state index in [0.29, 0.717) is 5.78 Å². The van der Waals surface area contributed by atoms with Crippen molar-refractivity contribution in [2.24, 2.45) is 5.92 Å². The van der Waals surface area contributed by atoms with Crippen molar-refractivity contribution in [1.82, 2.24) is 0 Å². The van der Waals surface area contributed by atoms with Gasteiger partial charge in [0.1, 0.15) is 0 Å². The minimum Gasteiger partial charge on any atom is -0.294 e. The van der Waals surface area contributed by atoms with Crippen LogP contribution in [0.3, 0.4) is 0 Å². The third-order valence-electron chi connectivity index (χ3n) is 4.67. The van der Waals surface area contributed by atoms with Gasteiger partial charge in [-0.25, -0.2) is 0 Å². The molecule has 108 valence electrons. The third-order valence-corrected chi connectivity index (χ3v) is 4.67. The maximum absolute atomic E-state index is 12.8. The molecule has 2 aromatic rings. The Morgan fingerprint density at radius 1 is 0.952 bits per heavy atom. The maximum atomic E-state index is 12.8. The first-order valence-corrected chi connectivity index (χ1v) is 7.95. The quantitative estimate of drug-likeness (QED) is 0.757. The van der Waals surface area contributed by atoms with Gasteiger partial charge in [-0.2, -0.15) is 0 Å². The van der Waals surface area contributed by atoms with Gasteiger partial charge < -0.3 is 0 Å². The highest BCUT2D eigenvalue weighted by Crippen LogP contribution is 2.29. The number of carbonyl (C=O) groups is 1. The first-order valence-electron chi connectivity index (χ1n) is 7.95. The molecule has 0 N–H and O–H groups in total. The van der Waals surface area contributed by atoms with Crippen LogP contribution in [0, 0.1) is 5.92 Å². The lowest BCUT2D eigenvalue weighted by Crippen LogP contribution is -2.15. The number of hydrogen-bond donors (Lipinski definition) is 0. The lowest BCUT2D eigenvalue weighted by Gasteiger charge is -2.12. The SMILES string of the molecule is CCc1ccc(C(=O)C2Cc3ccccc3C2)cc1CC. The third kappa shape index (κ3) is 2.65. The van der Waals surface area contributed by atoms with Crippen molar-refractivity contribution in [3.63, 3.8) is 0 Å². The second-order valence-corrected chi connectivity index (χ2v) is 5.93. The molecule has 0 saturated carbocycles. The standard InChI is InChI=1S/C20H22O/c1-3-14-9-10-18(11-15(14)4-2)20(21)19-12-16-7-5-6-8-17(16)13-19/h5-11,19H,3-4,12-13H2,1-2H3. The summed E-state index contributed by atoms with van der Waals surface area (Å²) in [4.78, 5) is 12.8. The fourth-order valence-corrected chi connectivity index (χ4v) is 3.43. The molecule has 0 saturated heterocycles. The largest absolute Gasteiger partial charge is 0.294 e. The molecule has 0 bridgehead atoms. The molecule has 3 rings (SSSR count). The van der Waals surface area contributed by atoms with Crippen molar-refractivity contribution in [3.05, 3.63) is 70.3 Å². The summed E-state index contributed by atoms with van der Waals surface area (Å²) < 4.78 is 0. The molecule has 0 spiro atoms. The predicted molar refractivity (Wildman–Crippen MR) is 86.9 cm³/mol. The van der Waals surface area contributed by atoms with E-state index in [-0.39, 0.29) is 5.92 Å². The molecule has 21 heavy (non-hydrogen) atoms. The fraction of sp³-hybridized carbons (Fsp3) is 0.350. The van der Waals surface area contributed by atoms with E-state index in [0.717, 1.165) is 31.2 Å². The van der Waals surface area contributed by atoms with Crippen molar-refractivity contribution in [2.45, 2.75) is 39.5 Å². The number of aryl methyl sites for hydroxylation is 2. The zero-order valence-electron chi connectivity index (χ0n) is 12.9. The molecule has 2 aromatic carbocycles. The van der Waals surface area contributed by atoms with Crippen LogP contribution in [0.15, 0.2) is 42.5 Å². The highest BCUT2D eigenvalue weighted by atomic mass is 16.1. The Balaban J connectivity index is 1.84. The number of fused-ring (bicyclic) bond motifs is 1. The summed E-state index contributed by atoms with van der Waals surface area (Å²) in [5.41, 5.74) is 6.26. The molecule has 0 fully saturated rings. The molecular formula is C20H22O. The topological polar surface area (TPSA) is 17.1 Å². The van der Waals surface area contributed by atoms with E-state index in [1.165, 1.54) is 22.3 Å². The number of carbonyl (C=O) groups excluding carboxylic acids is 1. The molecule has 0 aromatic heterocycles. The molecule has 1 aliphatic carbocycles. The van der Waals surface area contributed by atoms with Crippen LogP contribution >= 0.6 is 0 Å². The van der Waals surface area contributed by atoms with E-state index in [9.17, 15) is 4.79 Å². The smallest absolute Gasteiger partial charge is 0.166 e. The summed E-state index contributed by atoms with van der Waals surface area (Å²) in [7, 11) is 0. The predicted octanol–water partition coefficient (Wildman–Crippen LogP) is 4.41. The summed E-state index contributed by atoms with van der Waals surface area (Å²) >= 11 is 0. The van der Waals surface area contributed by atoms with Crippen molar-refractivity contribution < 1.29 is 4.79 Å². The Hall–Kier alpha value is -1.89. The summed E-state index contributed by atoms with van der Waals surface area (Å²) in [6.07, 6.45) is 3.82. The number of benzene rings is 2. The van der Waals surface area contributed by atoms with Crippen LogP contribution in [-0.2, 0) is 25.7 Å². The molecular weight excluding hydrogens is 256 g/mol. The van der Waals surface area contributed by atoms with Crippen LogP contribution in [0.1, 0.15) is 46.5 Å². The van der Waals surface area contributed by atoms with Crippen LogP contribution in [-0.4, -0.2) is 5.78 Å². The average Bonchev–Trinajstić information content (AvgIpc) is 2.97. The molecule has 1 aliphatic rings. The molecule has 0 amide bonds. The van der Waals surface area contributed by atoms with Gasteiger partial charge in [-0.3, -0.25) is 4.79 Å².